The fourth-order valence-corrected chi connectivity index (χ4v) is 3.75. The summed E-state index contributed by atoms with van der Waals surface area (Å²) in [7, 11) is 0. The number of Topliss-reactive ketones (excluding diaryl/α,β-unsaturated/α-hetero) is 1. The first-order valence-corrected chi connectivity index (χ1v) is 9.44. The molecule has 0 aliphatic heterocycles. The van der Waals surface area contributed by atoms with Crippen molar-refractivity contribution in [3.05, 3.63) is 79.8 Å². The van der Waals surface area contributed by atoms with Gasteiger partial charge in [0.05, 0.1) is 4.92 Å². The van der Waals surface area contributed by atoms with Crippen LogP contribution in [-0.4, -0.2) is 21.9 Å². The maximum atomic E-state index is 12.6. The van der Waals surface area contributed by atoms with E-state index in [0.29, 0.717) is 5.56 Å². The quantitative estimate of drug-likeness (QED) is 0.324. The van der Waals surface area contributed by atoms with Crippen molar-refractivity contribution in [3.63, 3.8) is 0 Å². The van der Waals surface area contributed by atoms with Gasteiger partial charge in [0, 0.05) is 34.4 Å². The Morgan fingerprint density at radius 1 is 1.22 bits per heavy atom. The number of nitrogens with zero attached hydrogens (tertiary/aromatic N) is 2. The summed E-state index contributed by atoms with van der Waals surface area (Å²) in [4.78, 5) is 24.4. The summed E-state index contributed by atoms with van der Waals surface area (Å²) in [6, 6.07) is 12.0. The van der Waals surface area contributed by atoms with Crippen LogP contribution in [0.5, 0.6) is 5.75 Å². The Morgan fingerprint density at radius 2 is 2.00 bits per heavy atom. The lowest BCUT2D eigenvalue weighted by atomic mass is 10.1. The van der Waals surface area contributed by atoms with Gasteiger partial charge in [-0.2, -0.15) is 0 Å². The lowest BCUT2D eigenvalue weighted by Gasteiger charge is -2.09. The van der Waals surface area contributed by atoms with Crippen LogP contribution < -0.4 is 4.74 Å². The van der Waals surface area contributed by atoms with Crippen LogP contribution in [0.2, 0.25) is 0 Å². The lowest BCUT2D eigenvalue weighted by molar-refractivity contribution is -0.385. The molecular formula is C20H20N2O4S. The molecule has 7 heteroatoms. The van der Waals surface area contributed by atoms with Gasteiger partial charge in [0.1, 0.15) is 0 Å². The summed E-state index contributed by atoms with van der Waals surface area (Å²) in [5, 5.41) is 13.1. The van der Waals surface area contributed by atoms with E-state index in [1.165, 1.54) is 17.0 Å². The van der Waals surface area contributed by atoms with Crippen LogP contribution in [0.3, 0.4) is 0 Å². The molecule has 0 aliphatic rings. The standard InChI is InChI=1S/C20H20N2O4S/c1-14-12-17(15(2)21(14)10-9-16-6-5-11-27-16)19(23)13-26-20-8-4-3-7-18(20)22(24)25/h3-8,11-12H,9-10,13H2,1-2H3. The molecular weight excluding hydrogens is 364 g/mol. The number of hydrogen-bond acceptors (Lipinski definition) is 5. The summed E-state index contributed by atoms with van der Waals surface area (Å²) in [6.07, 6.45) is 0.911. The zero-order valence-corrected chi connectivity index (χ0v) is 16.0. The number of ether oxygens (including phenoxy) is 1. The first-order valence-electron chi connectivity index (χ1n) is 8.56. The Balaban J connectivity index is 1.70. The molecule has 3 aromatic rings. The van der Waals surface area contributed by atoms with E-state index in [-0.39, 0.29) is 23.8 Å². The molecule has 6 nitrogen and oxygen atoms in total. The Labute approximate surface area is 161 Å². The zero-order valence-electron chi connectivity index (χ0n) is 15.2. The number of rotatable bonds is 8. The van der Waals surface area contributed by atoms with E-state index in [2.05, 4.69) is 16.0 Å². The summed E-state index contributed by atoms with van der Waals surface area (Å²) in [5.41, 5.74) is 2.35. The van der Waals surface area contributed by atoms with Crippen molar-refractivity contribution < 1.29 is 14.5 Å². The van der Waals surface area contributed by atoms with E-state index >= 15 is 0 Å². The third-order valence-electron chi connectivity index (χ3n) is 4.46. The second-order valence-corrected chi connectivity index (χ2v) is 7.23. The molecule has 140 valence electrons. The second kappa shape index (κ2) is 8.18. The molecule has 2 heterocycles. The first-order chi connectivity index (χ1) is 13.0. The normalized spacial score (nSPS) is 10.7. The van der Waals surface area contributed by atoms with Gasteiger partial charge in [0.15, 0.2) is 12.4 Å². The van der Waals surface area contributed by atoms with Crippen LogP contribution in [0.15, 0.2) is 47.8 Å². The molecule has 0 amide bonds. The number of ketones is 1. The molecule has 0 N–H and O–H groups in total. The van der Waals surface area contributed by atoms with Gasteiger partial charge in [0.25, 0.3) is 0 Å². The predicted octanol–water partition coefficient (Wildman–Crippen LogP) is 4.58. The third kappa shape index (κ3) is 4.25. The molecule has 2 aromatic heterocycles. The fraction of sp³-hybridized carbons (Fsp3) is 0.250. The van der Waals surface area contributed by atoms with Crippen molar-refractivity contribution in [2.45, 2.75) is 26.8 Å². The van der Waals surface area contributed by atoms with E-state index in [1.54, 1.807) is 23.5 Å². The van der Waals surface area contributed by atoms with Crippen LogP contribution in [0.25, 0.3) is 0 Å². The number of carbonyl (C=O) groups excluding carboxylic acids is 1. The topological polar surface area (TPSA) is 74.4 Å². The molecule has 27 heavy (non-hydrogen) atoms. The average Bonchev–Trinajstić information content (AvgIpc) is 3.26. The minimum Gasteiger partial charge on any atom is -0.478 e. The number of aromatic nitrogens is 1. The summed E-state index contributed by atoms with van der Waals surface area (Å²) in [6.45, 7) is 4.46. The largest absolute Gasteiger partial charge is 0.478 e. The number of carbonyl (C=O) groups is 1. The third-order valence-corrected chi connectivity index (χ3v) is 5.39. The van der Waals surface area contributed by atoms with Gasteiger partial charge in [-0.1, -0.05) is 18.2 Å². The van der Waals surface area contributed by atoms with Gasteiger partial charge >= 0.3 is 5.69 Å². The van der Waals surface area contributed by atoms with Crippen LogP contribution in [0.1, 0.15) is 26.6 Å². The number of benzene rings is 1. The highest BCUT2D eigenvalue weighted by Gasteiger charge is 2.19. The molecule has 3 rings (SSSR count). The predicted molar refractivity (Wildman–Crippen MR) is 105 cm³/mol. The fourth-order valence-electron chi connectivity index (χ4n) is 3.06. The number of nitro benzene ring substituents is 1. The zero-order chi connectivity index (χ0) is 19.4. The van der Waals surface area contributed by atoms with Crippen molar-refractivity contribution >= 4 is 22.8 Å². The Morgan fingerprint density at radius 3 is 2.70 bits per heavy atom. The van der Waals surface area contributed by atoms with Crippen molar-refractivity contribution in [3.8, 4) is 5.75 Å². The Hall–Kier alpha value is -2.93. The maximum Gasteiger partial charge on any atom is 0.310 e. The number of hydrogen-bond donors (Lipinski definition) is 0. The molecule has 0 unspecified atom stereocenters. The molecule has 0 aliphatic carbocycles. The number of para-hydroxylation sites is 2. The van der Waals surface area contributed by atoms with Gasteiger partial charge in [-0.25, -0.2) is 0 Å². The average molecular weight is 384 g/mol. The molecule has 0 radical (unpaired) electrons. The van der Waals surface area contributed by atoms with Crippen LogP contribution >= 0.6 is 11.3 Å². The van der Waals surface area contributed by atoms with Gasteiger partial charge < -0.3 is 9.30 Å². The minimum absolute atomic E-state index is 0.0994. The molecule has 0 saturated heterocycles. The van der Waals surface area contributed by atoms with E-state index in [0.717, 1.165) is 24.4 Å². The molecule has 0 fully saturated rings. The highest BCUT2D eigenvalue weighted by Crippen LogP contribution is 2.26. The van der Waals surface area contributed by atoms with Crippen LogP contribution in [0.4, 0.5) is 5.69 Å². The van der Waals surface area contributed by atoms with E-state index in [4.69, 9.17) is 4.74 Å². The van der Waals surface area contributed by atoms with Gasteiger partial charge in [0.2, 0.25) is 5.78 Å². The van der Waals surface area contributed by atoms with Crippen LogP contribution in [0, 0.1) is 24.0 Å². The van der Waals surface area contributed by atoms with Crippen LogP contribution in [-0.2, 0) is 13.0 Å². The molecule has 0 saturated carbocycles. The highest BCUT2D eigenvalue weighted by molar-refractivity contribution is 7.09. The number of aryl methyl sites for hydroxylation is 2. The molecule has 0 atom stereocenters. The summed E-state index contributed by atoms with van der Waals surface area (Å²) in [5.74, 6) is -0.0917. The highest BCUT2D eigenvalue weighted by atomic mass is 32.1. The molecule has 1 aromatic carbocycles. The van der Waals surface area contributed by atoms with Gasteiger partial charge in [-0.3, -0.25) is 14.9 Å². The van der Waals surface area contributed by atoms with Crippen molar-refractivity contribution in [1.29, 1.82) is 0 Å². The molecule has 0 spiro atoms. The number of thiophene rings is 1. The minimum atomic E-state index is -0.518. The van der Waals surface area contributed by atoms with Crippen molar-refractivity contribution in [2.75, 3.05) is 6.61 Å². The smallest absolute Gasteiger partial charge is 0.310 e. The van der Waals surface area contributed by atoms with Gasteiger partial charge in [-0.05, 0) is 43.8 Å². The lowest BCUT2D eigenvalue weighted by Crippen LogP contribution is -2.14. The first kappa shape index (κ1) is 18.8. The SMILES string of the molecule is Cc1cc(C(=O)COc2ccccc2[N+](=O)[O-])c(C)n1CCc1cccs1. The van der Waals surface area contributed by atoms with E-state index in [1.807, 2.05) is 26.0 Å². The van der Waals surface area contributed by atoms with E-state index in [9.17, 15) is 14.9 Å². The van der Waals surface area contributed by atoms with Crippen molar-refractivity contribution in [2.24, 2.45) is 0 Å². The maximum absolute atomic E-state index is 12.6. The summed E-state index contributed by atoms with van der Waals surface area (Å²) >= 11 is 1.72. The summed E-state index contributed by atoms with van der Waals surface area (Å²) < 4.78 is 7.56. The molecule has 0 bridgehead atoms. The second-order valence-electron chi connectivity index (χ2n) is 6.20. The Kier molecular flexibility index (Phi) is 5.71. The number of nitro groups is 1. The van der Waals surface area contributed by atoms with Gasteiger partial charge in [-0.15, -0.1) is 11.3 Å². The monoisotopic (exact) mass is 384 g/mol. The van der Waals surface area contributed by atoms with E-state index < -0.39 is 4.92 Å². The van der Waals surface area contributed by atoms with Crippen molar-refractivity contribution in [1.82, 2.24) is 4.57 Å². The Bertz CT molecular complexity index is 961.